The van der Waals surface area contributed by atoms with E-state index in [1.165, 1.54) is 0 Å². The summed E-state index contributed by atoms with van der Waals surface area (Å²) >= 11 is 0. The Labute approximate surface area is 149 Å². The van der Waals surface area contributed by atoms with Gasteiger partial charge in [-0.1, -0.05) is 24.3 Å². The molecule has 1 aromatic heterocycles. The Bertz CT molecular complexity index is 769. The van der Waals surface area contributed by atoms with E-state index in [0.29, 0.717) is 19.0 Å². The van der Waals surface area contributed by atoms with Crippen LogP contribution in [0, 0.1) is 5.92 Å². The molecule has 24 heavy (non-hydrogen) atoms. The number of nitrogens with one attached hydrogen (secondary N) is 1. The van der Waals surface area contributed by atoms with Gasteiger partial charge in [0.1, 0.15) is 0 Å². The molecule has 0 saturated carbocycles. The summed E-state index contributed by atoms with van der Waals surface area (Å²) in [5, 5.41) is 4.15. The van der Waals surface area contributed by atoms with Gasteiger partial charge in [-0.3, -0.25) is 4.98 Å². The topological polar surface area (TPSA) is 62.3 Å². The SMILES string of the molecule is CNCC1CCN(S(=O)(=O)Cc2cccc3cccnc23)CC1.Cl. The number of benzene rings is 1. The number of rotatable bonds is 5. The predicted molar refractivity (Wildman–Crippen MR) is 99.8 cm³/mol. The number of hydrogen-bond acceptors (Lipinski definition) is 4. The van der Waals surface area contributed by atoms with Crippen LogP contribution in [-0.4, -0.2) is 44.4 Å². The molecule has 1 aliphatic rings. The summed E-state index contributed by atoms with van der Waals surface area (Å²) < 4.78 is 27.1. The number of halogens is 1. The molecule has 1 N–H and O–H groups in total. The number of pyridine rings is 1. The van der Waals surface area contributed by atoms with Crippen molar-refractivity contribution in [1.82, 2.24) is 14.6 Å². The monoisotopic (exact) mass is 369 g/mol. The Morgan fingerprint density at radius 3 is 2.62 bits per heavy atom. The highest BCUT2D eigenvalue weighted by molar-refractivity contribution is 7.88. The zero-order valence-electron chi connectivity index (χ0n) is 13.8. The molecular formula is C17H24ClN3O2S. The van der Waals surface area contributed by atoms with Crippen molar-refractivity contribution in [3.05, 3.63) is 42.1 Å². The highest BCUT2D eigenvalue weighted by atomic mass is 35.5. The Hall–Kier alpha value is -1.21. The van der Waals surface area contributed by atoms with E-state index in [-0.39, 0.29) is 18.2 Å². The standard InChI is InChI=1S/C17H23N3O2S.ClH/c1-18-12-14-7-10-20(11-8-14)23(21,22)13-16-5-2-4-15-6-3-9-19-17(15)16;/h2-6,9,14,18H,7-8,10-13H2,1H3;1H. The average Bonchev–Trinajstić information content (AvgIpc) is 2.56. The van der Waals surface area contributed by atoms with Crippen molar-refractivity contribution >= 4 is 33.3 Å². The molecule has 0 amide bonds. The molecule has 1 saturated heterocycles. The van der Waals surface area contributed by atoms with Gasteiger partial charge in [0.2, 0.25) is 10.0 Å². The predicted octanol–water partition coefficient (Wildman–Crippen LogP) is 2.42. The fourth-order valence-corrected chi connectivity index (χ4v) is 4.83. The van der Waals surface area contributed by atoms with Gasteiger partial charge in [-0.05, 0) is 44.0 Å². The van der Waals surface area contributed by atoms with Crippen LogP contribution in [0.15, 0.2) is 36.5 Å². The molecule has 1 fully saturated rings. The van der Waals surface area contributed by atoms with Crippen LogP contribution in [0.1, 0.15) is 18.4 Å². The third kappa shape index (κ3) is 4.25. The zero-order chi connectivity index (χ0) is 16.3. The molecule has 0 unspecified atom stereocenters. The van der Waals surface area contributed by atoms with Gasteiger partial charge in [-0.2, -0.15) is 0 Å². The molecule has 132 valence electrons. The van der Waals surface area contributed by atoms with Gasteiger partial charge in [0, 0.05) is 24.7 Å². The first-order valence-electron chi connectivity index (χ1n) is 8.05. The Kier molecular flexibility index (Phi) is 6.57. The molecule has 5 nitrogen and oxygen atoms in total. The second-order valence-electron chi connectivity index (χ2n) is 6.15. The summed E-state index contributed by atoms with van der Waals surface area (Å²) in [6, 6.07) is 9.55. The van der Waals surface area contributed by atoms with Crippen molar-refractivity contribution in [3.8, 4) is 0 Å². The van der Waals surface area contributed by atoms with Crippen molar-refractivity contribution in [2.45, 2.75) is 18.6 Å². The molecule has 0 spiro atoms. The number of fused-ring (bicyclic) bond motifs is 1. The molecule has 3 rings (SSSR count). The van der Waals surface area contributed by atoms with Gasteiger partial charge < -0.3 is 5.32 Å². The lowest BCUT2D eigenvalue weighted by molar-refractivity contribution is 0.270. The summed E-state index contributed by atoms with van der Waals surface area (Å²) in [5.41, 5.74) is 1.56. The van der Waals surface area contributed by atoms with Crippen LogP contribution in [0.5, 0.6) is 0 Å². The van der Waals surface area contributed by atoms with E-state index < -0.39 is 10.0 Å². The summed E-state index contributed by atoms with van der Waals surface area (Å²) in [6.45, 7) is 2.20. The fourth-order valence-electron chi connectivity index (χ4n) is 3.25. The van der Waals surface area contributed by atoms with E-state index >= 15 is 0 Å². The van der Waals surface area contributed by atoms with Crippen LogP contribution in [0.2, 0.25) is 0 Å². The summed E-state index contributed by atoms with van der Waals surface area (Å²) in [4.78, 5) is 4.36. The number of aromatic nitrogens is 1. The van der Waals surface area contributed by atoms with Crippen LogP contribution in [0.3, 0.4) is 0 Å². The molecule has 0 radical (unpaired) electrons. The van der Waals surface area contributed by atoms with Crippen molar-refractivity contribution in [3.63, 3.8) is 0 Å². The highest BCUT2D eigenvalue weighted by Crippen LogP contribution is 2.23. The second kappa shape index (κ2) is 8.25. The molecule has 7 heteroatoms. The third-order valence-electron chi connectivity index (χ3n) is 4.51. The van der Waals surface area contributed by atoms with Gasteiger partial charge >= 0.3 is 0 Å². The van der Waals surface area contributed by atoms with Crippen molar-refractivity contribution in [1.29, 1.82) is 0 Å². The zero-order valence-corrected chi connectivity index (χ0v) is 15.4. The maximum Gasteiger partial charge on any atom is 0.218 e. The summed E-state index contributed by atoms with van der Waals surface area (Å²) in [7, 11) is -1.35. The van der Waals surface area contributed by atoms with Crippen molar-refractivity contribution in [2.24, 2.45) is 5.92 Å². The second-order valence-corrected chi connectivity index (χ2v) is 8.12. The largest absolute Gasteiger partial charge is 0.319 e. The first-order valence-corrected chi connectivity index (χ1v) is 9.66. The minimum atomic E-state index is -3.29. The van der Waals surface area contributed by atoms with Crippen LogP contribution in [-0.2, 0) is 15.8 Å². The molecule has 2 aromatic rings. The number of hydrogen-bond donors (Lipinski definition) is 1. The summed E-state index contributed by atoms with van der Waals surface area (Å²) in [6.07, 6.45) is 3.56. The van der Waals surface area contributed by atoms with E-state index in [2.05, 4.69) is 10.3 Å². The lowest BCUT2D eigenvalue weighted by atomic mass is 9.98. The van der Waals surface area contributed by atoms with Crippen molar-refractivity contribution in [2.75, 3.05) is 26.7 Å². The van der Waals surface area contributed by atoms with Crippen LogP contribution >= 0.6 is 12.4 Å². The van der Waals surface area contributed by atoms with Gasteiger partial charge in [-0.15, -0.1) is 12.4 Å². The van der Waals surface area contributed by atoms with Gasteiger partial charge in [0.25, 0.3) is 0 Å². The number of para-hydroxylation sites is 1. The van der Waals surface area contributed by atoms with Crippen molar-refractivity contribution < 1.29 is 8.42 Å². The number of sulfonamides is 1. The van der Waals surface area contributed by atoms with E-state index in [0.717, 1.165) is 35.9 Å². The molecule has 0 atom stereocenters. The molecule has 1 aromatic carbocycles. The first-order chi connectivity index (χ1) is 11.1. The average molecular weight is 370 g/mol. The first kappa shape index (κ1) is 19.1. The fraction of sp³-hybridized carbons (Fsp3) is 0.471. The van der Waals surface area contributed by atoms with Crippen LogP contribution in [0.4, 0.5) is 0 Å². The normalized spacial score (nSPS) is 16.9. The molecule has 1 aliphatic heterocycles. The minimum Gasteiger partial charge on any atom is -0.319 e. The van der Waals surface area contributed by atoms with Gasteiger partial charge in [0.15, 0.2) is 0 Å². The maximum absolute atomic E-state index is 12.7. The number of piperidine rings is 1. The van der Waals surface area contributed by atoms with E-state index in [4.69, 9.17) is 0 Å². The molecular weight excluding hydrogens is 346 g/mol. The number of nitrogens with zero attached hydrogens (tertiary/aromatic N) is 2. The van der Waals surface area contributed by atoms with Gasteiger partial charge in [-0.25, -0.2) is 12.7 Å². The third-order valence-corrected chi connectivity index (χ3v) is 6.34. The molecule has 0 aliphatic carbocycles. The minimum absolute atomic E-state index is 0. The summed E-state index contributed by atoms with van der Waals surface area (Å²) in [5.74, 6) is 0.601. The van der Waals surface area contributed by atoms with E-state index in [1.54, 1.807) is 10.5 Å². The molecule has 2 heterocycles. The lowest BCUT2D eigenvalue weighted by Gasteiger charge is -2.31. The van der Waals surface area contributed by atoms with Crippen LogP contribution in [0.25, 0.3) is 10.9 Å². The quantitative estimate of drug-likeness (QED) is 0.879. The molecule has 0 bridgehead atoms. The van der Waals surface area contributed by atoms with Crippen LogP contribution < -0.4 is 5.32 Å². The Morgan fingerprint density at radius 2 is 1.92 bits per heavy atom. The Balaban J connectivity index is 0.00000208. The van der Waals surface area contributed by atoms with E-state index in [1.807, 2.05) is 37.4 Å². The Morgan fingerprint density at radius 1 is 1.21 bits per heavy atom. The van der Waals surface area contributed by atoms with E-state index in [9.17, 15) is 8.42 Å². The highest BCUT2D eigenvalue weighted by Gasteiger charge is 2.28. The van der Waals surface area contributed by atoms with Gasteiger partial charge in [0.05, 0.1) is 11.3 Å². The smallest absolute Gasteiger partial charge is 0.218 e. The maximum atomic E-state index is 12.7. The lowest BCUT2D eigenvalue weighted by Crippen LogP contribution is -2.40.